The van der Waals surface area contributed by atoms with Gasteiger partial charge < -0.3 is 10.2 Å². The molecule has 1 fully saturated rings. The van der Waals surface area contributed by atoms with Crippen LogP contribution in [0.1, 0.15) is 29.6 Å². The molecule has 0 radical (unpaired) electrons. The van der Waals surface area contributed by atoms with Crippen molar-refractivity contribution in [3.8, 4) is 11.3 Å². The third-order valence-corrected chi connectivity index (χ3v) is 5.05. The number of likely N-dealkylation sites (tertiary alicyclic amines) is 1. The van der Waals surface area contributed by atoms with Crippen LogP contribution in [-0.2, 0) is 0 Å². The molecular weight excluding hydrogens is 359 g/mol. The molecule has 1 saturated heterocycles. The lowest BCUT2D eigenvalue weighted by Gasteiger charge is -2.32. The van der Waals surface area contributed by atoms with E-state index in [1.165, 1.54) is 6.42 Å². The minimum atomic E-state index is 0. The van der Waals surface area contributed by atoms with E-state index in [4.69, 9.17) is 11.6 Å². The number of aromatic amines is 1. The Hall–Kier alpha value is -1.56. The molecule has 1 amide bonds. The third kappa shape index (κ3) is 4.54. The van der Waals surface area contributed by atoms with Crippen LogP contribution >= 0.6 is 24.0 Å². The predicted molar refractivity (Wildman–Crippen MR) is 103 cm³/mol. The Bertz CT molecular complexity index is 696. The molecule has 0 atom stereocenters. The zero-order chi connectivity index (χ0) is 16.9. The zero-order valence-corrected chi connectivity index (χ0v) is 15.9. The number of H-pyrrole nitrogens is 1. The van der Waals surface area contributed by atoms with Gasteiger partial charge in [0.25, 0.3) is 5.91 Å². The van der Waals surface area contributed by atoms with E-state index in [1.807, 2.05) is 36.2 Å². The Morgan fingerprint density at radius 1 is 1.36 bits per heavy atom. The first-order chi connectivity index (χ1) is 11.7. The largest absolute Gasteiger partial charge is 0.339 e. The van der Waals surface area contributed by atoms with Crippen LogP contribution in [0.4, 0.5) is 0 Å². The highest BCUT2D eigenvalue weighted by Gasteiger charge is 2.26. The van der Waals surface area contributed by atoms with E-state index in [0.29, 0.717) is 22.2 Å². The Morgan fingerprint density at radius 2 is 2.08 bits per heavy atom. The fourth-order valence-electron chi connectivity index (χ4n) is 3.26. The summed E-state index contributed by atoms with van der Waals surface area (Å²) in [5, 5.41) is 10.8. The minimum absolute atomic E-state index is 0. The van der Waals surface area contributed by atoms with E-state index >= 15 is 0 Å². The van der Waals surface area contributed by atoms with Gasteiger partial charge in [0.1, 0.15) is 0 Å². The van der Waals surface area contributed by atoms with E-state index in [9.17, 15) is 4.79 Å². The Labute approximate surface area is 159 Å². The molecule has 2 aromatic rings. The monoisotopic (exact) mass is 382 g/mol. The van der Waals surface area contributed by atoms with Crippen molar-refractivity contribution in [1.29, 1.82) is 0 Å². The van der Waals surface area contributed by atoms with Gasteiger partial charge in [-0.15, -0.1) is 12.4 Å². The number of nitrogens with zero attached hydrogens (tertiary/aromatic N) is 2. The number of nitrogens with one attached hydrogen (secondary N) is 2. The molecule has 1 aromatic heterocycles. The molecule has 2 heterocycles. The first kappa shape index (κ1) is 19.8. The molecule has 0 aliphatic carbocycles. The Kier molecular flexibility index (Phi) is 7.29. The second-order valence-corrected chi connectivity index (χ2v) is 6.67. The van der Waals surface area contributed by atoms with Crippen molar-refractivity contribution in [2.75, 3.05) is 26.7 Å². The minimum Gasteiger partial charge on any atom is -0.339 e. The zero-order valence-electron chi connectivity index (χ0n) is 14.3. The number of aromatic nitrogens is 2. The van der Waals surface area contributed by atoms with Crippen LogP contribution in [0.25, 0.3) is 11.3 Å². The number of rotatable bonds is 5. The maximum Gasteiger partial charge on any atom is 0.257 e. The summed E-state index contributed by atoms with van der Waals surface area (Å²) in [6.45, 7) is 2.65. The van der Waals surface area contributed by atoms with Gasteiger partial charge in [-0.1, -0.05) is 29.8 Å². The van der Waals surface area contributed by atoms with E-state index in [-0.39, 0.29) is 18.3 Å². The van der Waals surface area contributed by atoms with Gasteiger partial charge in [-0.3, -0.25) is 9.89 Å². The summed E-state index contributed by atoms with van der Waals surface area (Å²) in [5.41, 5.74) is 2.10. The van der Waals surface area contributed by atoms with Crippen LogP contribution in [0.15, 0.2) is 30.5 Å². The van der Waals surface area contributed by atoms with Crippen LogP contribution in [0.3, 0.4) is 0 Å². The average molecular weight is 383 g/mol. The molecule has 1 aliphatic rings. The van der Waals surface area contributed by atoms with Gasteiger partial charge in [-0.05, 0) is 44.8 Å². The second-order valence-electron chi connectivity index (χ2n) is 6.27. The number of carbonyl (C=O) groups excluding carboxylic acids is 1. The number of hydrogen-bond donors (Lipinski definition) is 2. The average Bonchev–Trinajstić information content (AvgIpc) is 3.09. The molecule has 2 N–H and O–H groups in total. The fourth-order valence-corrected chi connectivity index (χ4v) is 3.49. The molecule has 0 spiro atoms. The van der Waals surface area contributed by atoms with Crippen LogP contribution in [0.2, 0.25) is 5.02 Å². The molecule has 1 aromatic carbocycles. The molecule has 0 unspecified atom stereocenters. The van der Waals surface area contributed by atoms with E-state index in [0.717, 1.165) is 38.0 Å². The number of benzene rings is 1. The van der Waals surface area contributed by atoms with E-state index in [1.54, 1.807) is 6.20 Å². The maximum atomic E-state index is 12.9. The molecule has 25 heavy (non-hydrogen) atoms. The summed E-state index contributed by atoms with van der Waals surface area (Å²) in [6.07, 6.45) is 4.91. The van der Waals surface area contributed by atoms with Gasteiger partial charge in [0.2, 0.25) is 0 Å². The predicted octanol–water partition coefficient (Wildman–Crippen LogP) is 3.61. The highest BCUT2D eigenvalue weighted by molar-refractivity contribution is 6.33. The van der Waals surface area contributed by atoms with E-state index < -0.39 is 0 Å². The molecule has 1 aliphatic heterocycles. The van der Waals surface area contributed by atoms with Crippen LogP contribution in [0, 0.1) is 5.92 Å². The number of hydrogen-bond acceptors (Lipinski definition) is 3. The SMILES string of the molecule is CNCCC1CCN(C(=O)c2cn[nH]c2-c2ccccc2Cl)CC1.Cl. The summed E-state index contributed by atoms with van der Waals surface area (Å²) in [5.74, 6) is 0.736. The van der Waals surface area contributed by atoms with Gasteiger partial charge in [-0.25, -0.2) is 0 Å². The molecule has 5 nitrogen and oxygen atoms in total. The van der Waals surface area contributed by atoms with E-state index in [2.05, 4.69) is 15.5 Å². The molecule has 0 saturated carbocycles. The number of piperidine rings is 1. The maximum absolute atomic E-state index is 12.9. The molecule has 136 valence electrons. The molecule has 0 bridgehead atoms. The lowest BCUT2D eigenvalue weighted by molar-refractivity contribution is 0.0688. The van der Waals surface area contributed by atoms with Crippen molar-refractivity contribution in [3.05, 3.63) is 41.0 Å². The number of halogens is 2. The highest BCUT2D eigenvalue weighted by Crippen LogP contribution is 2.30. The van der Waals surface area contributed by atoms with Crippen molar-refractivity contribution in [2.24, 2.45) is 5.92 Å². The van der Waals surface area contributed by atoms with Gasteiger partial charge in [-0.2, -0.15) is 5.10 Å². The number of carbonyl (C=O) groups is 1. The molecule has 7 heteroatoms. The van der Waals surface area contributed by atoms with Crippen molar-refractivity contribution < 1.29 is 4.79 Å². The van der Waals surface area contributed by atoms with Crippen LogP contribution in [0.5, 0.6) is 0 Å². The van der Waals surface area contributed by atoms with Crippen LogP contribution < -0.4 is 5.32 Å². The van der Waals surface area contributed by atoms with Crippen molar-refractivity contribution in [3.63, 3.8) is 0 Å². The topological polar surface area (TPSA) is 61.0 Å². The summed E-state index contributed by atoms with van der Waals surface area (Å²) in [7, 11) is 1.98. The lowest BCUT2D eigenvalue weighted by Crippen LogP contribution is -2.39. The fraction of sp³-hybridized carbons (Fsp3) is 0.444. The summed E-state index contributed by atoms with van der Waals surface area (Å²) < 4.78 is 0. The lowest BCUT2D eigenvalue weighted by atomic mass is 9.93. The Balaban J connectivity index is 0.00000225. The second kappa shape index (κ2) is 9.22. The highest BCUT2D eigenvalue weighted by atomic mass is 35.5. The first-order valence-electron chi connectivity index (χ1n) is 8.43. The quantitative estimate of drug-likeness (QED) is 0.829. The van der Waals surface area contributed by atoms with Gasteiger partial charge >= 0.3 is 0 Å². The van der Waals surface area contributed by atoms with Crippen LogP contribution in [-0.4, -0.2) is 47.7 Å². The normalized spacial score (nSPS) is 15.0. The van der Waals surface area contributed by atoms with Crippen molar-refractivity contribution >= 4 is 29.9 Å². The molecule has 3 rings (SSSR count). The van der Waals surface area contributed by atoms with Gasteiger partial charge in [0.05, 0.1) is 17.5 Å². The van der Waals surface area contributed by atoms with Gasteiger partial charge in [0, 0.05) is 23.7 Å². The summed E-state index contributed by atoms with van der Waals surface area (Å²) in [4.78, 5) is 14.8. The van der Waals surface area contributed by atoms with Crippen molar-refractivity contribution in [1.82, 2.24) is 20.4 Å². The van der Waals surface area contributed by atoms with Crippen molar-refractivity contribution in [2.45, 2.75) is 19.3 Å². The van der Waals surface area contributed by atoms with Gasteiger partial charge in [0.15, 0.2) is 0 Å². The Morgan fingerprint density at radius 3 is 2.76 bits per heavy atom. The third-order valence-electron chi connectivity index (χ3n) is 4.72. The number of amides is 1. The first-order valence-corrected chi connectivity index (χ1v) is 8.80. The standard InChI is InChI=1S/C18H23ClN4O.ClH/c1-20-9-6-13-7-10-23(11-8-13)18(24)15-12-21-22-17(15)14-4-2-3-5-16(14)19;/h2-5,12-13,20H,6-11H2,1H3,(H,21,22);1H. The smallest absolute Gasteiger partial charge is 0.257 e. The summed E-state index contributed by atoms with van der Waals surface area (Å²) >= 11 is 6.27. The molecular formula is C18H24Cl2N4O. The summed E-state index contributed by atoms with van der Waals surface area (Å²) in [6, 6.07) is 7.50.